The van der Waals surface area contributed by atoms with Crippen molar-refractivity contribution in [3.8, 4) is 5.69 Å². The number of hydrogen-bond acceptors (Lipinski definition) is 4. The number of carbonyl (C=O) groups is 2. The lowest BCUT2D eigenvalue weighted by Crippen LogP contribution is -2.52. The molecular formula is C15H15N3O4. The lowest BCUT2D eigenvalue weighted by atomic mass is 10.2. The predicted molar refractivity (Wildman–Crippen MR) is 76.8 cm³/mol. The topological polar surface area (TPSA) is 84.7 Å². The van der Waals surface area contributed by atoms with Gasteiger partial charge in [-0.2, -0.15) is 5.10 Å². The van der Waals surface area contributed by atoms with E-state index < -0.39 is 17.9 Å². The summed E-state index contributed by atoms with van der Waals surface area (Å²) >= 11 is 0. The van der Waals surface area contributed by atoms with Crippen molar-refractivity contribution in [3.05, 3.63) is 48.3 Å². The molecule has 1 aliphatic rings. The molecule has 1 N–H and O–H groups in total. The third-order valence-corrected chi connectivity index (χ3v) is 3.50. The quantitative estimate of drug-likeness (QED) is 0.906. The minimum atomic E-state index is -1.07. The molecular weight excluding hydrogens is 286 g/mol. The maximum absolute atomic E-state index is 12.5. The van der Waals surface area contributed by atoms with Gasteiger partial charge in [-0.3, -0.25) is 4.79 Å². The van der Waals surface area contributed by atoms with Crippen molar-refractivity contribution in [3.63, 3.8) is 0 Å². The van der Waals surface area contributed by atoms with Crippen molar-refractivity contribution in [2.45, 2.75) is 6.04 Å². The van der Waals surface area contributed by atoms with E-state index in [-0.39, 0.29) is 18.8 Å². The molecule has 22 heavy (non-hydrogen) atoms. The van der Waals surface area contributed by atoms with E-state index in [4.69, 9.17) is 4.74 Å². The van der Waals surface area contributed by atoms with Gasteiger partial charge < -0.3 is 14.7 Å². The first kappa shape index (κ1) is 14.3. The number of carboxylic acids is 1. The molecule has 3 rings (SSSR count). The van der Waals surface area contributed by atoms with E-state index in [1.807, 2.05) is 30.3 Å². The number of benzene rings is 1. The number of aromatic nitrogens is 2. The van der Waals surface area contributed by atoms with Crippen molar-refractivity contribution in [2.75, 3.05) is 19.8 Å². The minimum Gasteiger partial charge on any atom is -0.480 e. The Balaban J connectivity index is 1.83. The second-order valence-corrected chi connectivity index (χ2v) is 4.91. The van der Waals surface area contributed by atoms with E-state index >= 15 is 0 Å². The molecule has 1 fully saturated rings. The van der Waals surface area contributed by atoms with Gasteiger partial charge in [0, 0.05) is 12.7 Å². The Morgan fingerprint density at radius 1 is 1.23 bits per heavy atom. The van der Waals surface area contributed by atoms with Crippen LogP contribution in [-0.4, -0.2) is 57.5 Å². The zero-order valence-electron chi connectivity index (χ0n) is 11.8. The maximum atomic E-state index is 12.5. The summed E-state index contributed by atoms with van der Waals surface area (Å²) in [5, 5.41) is 13.4. The van der Waals surface area contributed by atoms with Gasteiger partial charge in [0.1, 0.15) is 0 Å². The standard InChI is InChI=1S/C15H15N3O4/c19-14(17-8-9-22-10-13(17)15(20)21)12-6-7-18(16-12)11-4-2-1-3-5-11/h1-7,13H,8-10H2,(H,20,21)/t13-/m1/s1. The summed E-state index contributed by atoms with van der Waals surface area (Å²) in [7, 11) is 0. The minimum absolute atomic E-state index is 0.000463. The number of nitrogens with zero attached hydrogens (tertiary/aromatic N) is 3. The molecule has 0 unspecified atom stereocenters. The van der Waals surface area contributed by atoms with Crippen molar-refractivity contribution in [1.82, 2.24) is 14.7 Å². The van der Waals surface area contributed by atoms with Crippen LogP contribution >= 0.6 is 0 Å². The summed E-state index contributed by atoms with van der Waals surface area (Å²) < 4.78 is 6.72. The Bertz CT molecular complexity index is 683. The van der Waals surface area contributed by atoms with Crippen molar-refractivity contribution >= 4 is 11.9 Å². The molecule has 114 valence electrons. The van der Waals surface area contributed by atoms with Gasteiger partial charge in [-0.05, 0) is 18.2 Å². The van der Waals surface area contributed by atoms with Gasteiger partial charge in [0.15, 0.2) is 11.7 Å². The van der Waals surface area contributed by atoms with E-state index in [1.165, 1.54) is 4.90 Å². The van der Waals surface area contributed by atoms with Crippen molar-refractivity contribution in [2.24, 2.45) is 0 Å². The van der Waals surface area contributed by atoms with Gasteiger partial charge >= 0.3 is 5.97 Å². The molecule has 1 aliphatic heterocycles. The molecule has 1 aromatic heterocycles. The van der Waals surface area contributed by atoms with E-state index in [0.29, 0.717) is 6.61 Å². The molecule has 0 saturated carbocycles. The number of amides is 1. The first-order chi connectivity index (χ1) is 10.7. The van der Waals surface area contributed by atoms with Crippen LogP contribution in [-0.2, 0) is 9.53 Å². The zero-order chi connectivity index (χ0) is 15.5. The normalized spacial score (nSPS) is 18.2. The molecule has 0 spiro atoms. The molecule has 1 amide bonds. The molecule has 7 nitrogen and oxygen atoms in total. The fourth-order valence-electron chi connectivity index (χ4n) is 2.36. The lowest BCUT2D eigenvalue weighted by Gasteiger charge is -2.32. The molecule has 1 atom stereocenters. The van der Waals surface area contributed by atoms with Crippen LogP contribution in [0.4, 0.5) is 0 Å². The predicted octanol–water partition coefficient (Wildman–Crippen LogP) is 0.798. The van der Waals surface area contributed by atoms with Crippen LogP contribution in [0.3, 0.4) is 0 Å². The van der Waals surface area contributed by atoms with Gasteiger partial charge in [-0.15, -0.1) is 0 Å². The van der Waals surface area contributed by atoms with Gasteiger partial charge in [0.05, 0.1) is 18.9 Å². The number of morpholine rings is 1. The molecule has 0 radical (unpaired) electrons. The fourth-order valence-corrected chi connectivity index (χ4v) is 2.36. The Morgan fingerprint density at radius 3 is 2.73 bits per heavy atom. The number of carboxylic acid groups (broad SMARTS) is 1. The maximum Gasteiger partial charge on any atom is 0.328 e. The largest absolute Gasteiger partial charge is 0.480 e. The van der Waals surface area contributed by atoms with Crippen LogP contribution in [0, 0.1) is 0 Å². The summed E-state index contributed by atoms with van der Waals surface area (Å²) in [6.45, 7) is 0.573. The zero-order valence-corrected chi connectivity index (χ0v) is 11.8. The molecule has 2 aromatic rings. The molecule has 2 heterocycles. The van der Waals surface area contributed by atoms with Gasteiger partial charge in [-0.1, -0.05) is 18.2 Å². The third kappa shape index (κ3) is 2.71. The smallest absolute Gasteiger partial charge is 0.328 e. The van der Waals surface area contributed by atoms with Gasteiger partial charge in [0.2, 0.25) is 0 Å². The van der Waals surface area contributed by atoms with Crippen LogP contribution in [0.25, 0.3) is 5.69 Å². The lowest BCUT2D eigenvalue weighted by molar-refractivity contribution is -0.147. The van der Waals surface area contributed by atoms with Crippen LogP contribution in [0.5, 0.6) is 0 Å². The van der Waals surface area contributed by atoms with Crippen LogP contribution < -0.4 is 0 Å². The second kappa shape index (κ2) is 5.98. The first-order valence-corrected chi connectivity index (χ1v) is 6.89. The second-order valence-electron chi connectivity index (χ2n) is 4.91. The highest BCUT2D eigenvalue weighted by molar-refractivity contribution is 5.95. The summed E-state index contributed by atoms with van der Waals surface area (Å²) in [4.78, 5) is 25.0. The number of hydrogen-bond donors (Lipinski definition) is 1. The van der Waals surface area contributed by atoms with Crippen LogP contribution in [0.1, 0.15) is 10.5 Å². The number of ether oxygens (including phenoxy) is 1. The molecule has 1 saturated heterocycles. The average molecular weight is 301 g/mol. The highest BCUT2D eigenvalue weighted by Gasteiger charge is 2.34. The van der Waals surface area contributed by atoms with Crippen LogP contribution in [0.15, 0.2) is 42.6 Å². The highest BCUT2D eigenvalue weighted by atomic mass is 16.5. The third-order valence-electron chi connectivity index (χ3n) is 3.50. The Kier molecular flexibility index (Phi) is 3.88. The summed E-state index contributed by atoms with van der Waals surface area (Å²) in [6, 6.07) is 10.0. The molecule has 7 heteroatoms. The SMILES string of the molecule is O=C(O)[C@H]1COCCN1C(=O)c1ccn(-c2ccccc2)n1. The van der Waals surface area contributed by atoms with E-state index in [1.54, 1.807) is 16.9 Å². The molecule has 0 aliphatic carbocycles. The molecule has 1 aromatic carbocycles. The monoisotopic (exact) mass is 301 g/mol. The summed E-state index contributed by atoms with van der Waals surface area (Å²) in [5.41, 5.74) is 1.05. The Labute approximate surface area is 126 Å². The number of rotatable bonds is 3. The number of aliphatic carboxylic acids is 1. The van der Waals surface area contributed by atoms with Crippen molar-refractivity contribution in [1.29, 1.82) is 0 Å². The van der Waals surface area contributed by atoms with Gasteiger partial charge in [0.25, 0.3) is 5.91 Å². The van der Waals surface area contributed by atoms with E-state index in [0.717, 1.165) is 5.69 Å². The van der Waals surface area contributed by atoms with E-state index in [2.05, 4.69) is 5.10 Å². The fraction of sp³-hybridized carbons (Fsp3) is 0.267. The Morgan fingerprint density at radius 2 is 2.00 bits per heavy atom. The molecule has 0 bridgehead atoms. The summed E-state index contributed by atoms with van der Waals surface area (Å²) in [6.07, 6.45) is 1.68. The average Bonchev–Trinajstić information content (AvgIpc) is 3.05. The summed E-state index contributed by atoms with van der Waals surface area (Å²) in [5.74, 6) is -1.47. The number of carbonyl (C=O) groups excluding carboxylic acids is 1. The van der Waals surface area contributed by atoms with Crippen molar-refractivity contribution < 1.29 is 19.4 Å². The van der Waals surface area contributed by atoms with Crippen LogP contribution in [0.2, 0.25) is 0 Å². The van der Waals surface area contributed by atoms with Gasteiger partial charge in [-0.25, -0.2) is 9.48 Å². The highest BCUT2D eigenvalue weighted by Crippen LogP contribution is 2.13. The van der Waals surface area contributed by atoms with E-state index in [9.17, 15) is 14.7 Å². The Hall–Kier alpha value is -2.67. The number of para-hydroxylation sites is 1. The first-order valence-electron chi connectivity index (χ1n) is 6.89.